The highest BCUT2D eigenvalue weighted by atomic mass is 16.1. The summed E-state index contributed by atoms with van der Waals surface area (Å²) >= 11 is 0. The number of hydrogen-bond acceptors (Lipinski definition) is 1. The lowest BCUT2D eigenvalue weighted by Gasteiger charge is -2.27. The van der Waals surface area contributed by atoms with E-state index in [-0.39, 0.29) is 5.92 Å². The zero-order valence-corrected chi connectivity index (χ0v) is 12.0. The zero-order valence-electron chi connectivity index (χ0n) is 12.0. The number of carbonyl (C=O) groups is 1. The van der Waals surface area contributed by atoms with E-state index >= 15 is 0 Å². The molecule has 0 radical (unpaired) electrons. The Morgan fingerprint density at radius 1 is 1.16 bits per heavy atom. The molecule has 1 fully saturated rings. The molecule has 102 valence electrons. The maximum Gasteiger partial charge on any atom is 0.136 e. The highest BCUT2D eigenvalue weighted by molar-refractivity contribution is 5.82. The van der Waals surface area contributed by atoms with Gasteiger partial charge in [-0.15, -0.1) is 0 Å². The molecular formula is C18H24O. The van der Waals surface area contributed by atoms with E-state index in [1.54, 1.807) is 0 Å². The van der Waals surface area contributed by atoms with Gasteiger partial charge in [-0.05, 0) is 61.1 Å². The van der Waals surface area contributed by atoms with Crippen LogP contribution in [0.5, 0.6) is 0 Å². The first-order valence-electron chi connectivity index (χ1n) is 7.89. The minimum atomic E-state index is 0.290. The summed E-state index contributed by atoms with van der Waals surface area (Å²) in [6.45, 7) is 2.26. The Morgan fingerprint density at radius 2 is 2.00 bits per heavy atom. The molecule has 1 nitrogen and oxygen atoms in total. The van der Waals surface area contributed by atoms with Gasteiger partial charge in [0.05, 0.1) is 0 Å². The van der Waals surface area contributed by atoms with E-state index < -0.39 is 0 Å². The second kappa shape index (κ2) is 5.48. The number of fused-ring (bicyclic) bond motifs is 1. The number of aryl methyl sites for hydroxylation is 2. The fourth-order valence-corrected chi connectivity index (χ4v) is 3.81. The summed E-state index contributed by atoms with van der Waals surface area (Å²) in [6.07, 6.45) is 9.04. The van der Waals surface area contributed by atoms with Crippen molar-refractivity contribution in [1.82, 2.24) is 0 Å². The summed E-state index contributed by atoms with van der Waals surface area (Å²) in [4.78, 5) is 12.1. The van der Waals surface area contributed by atoms with Gasteiger partial charge in [0.1, 0.15) is 5.78 Å². The first-order chi connectivity index (χ1) is 9.26. The van der Waals surface area contributed by atoms with Gasteiger partial charge < -0.3 is 0 Å². The number of carbonyl (C=O) groups excluding carboxylic acids is 1. The number of hydrogen-bond donors (Lipinski definition) is 0. The van der Waals surface area contributed by atoms with Crippen molar-refractivity contribution >= 4 is 5.78 Å². The van der Waals surface area contributed by atoms with Crippen LogP contribution in [0.3, 0.4) is 0 Å². The van der Waals surface area contributed by atoms with E-state index in [0.29, 0.717) is 5.78 Å². The summed E-state index contributed by atoms with van der Waals surface area (Å²) < 4.78 is 0. The first-order valence-corrected chi connectivity index (χ1v) is 7.89. The van der Waals surface area contributed by atoms with Crippen LogP contribution in [0.4, 0.5) is 0 Å². The van der Waals surface area contributed by atoms with Gasteiger partial charge in [0.15, 0.2) is 0 Å². The fraction of sp³-hybridized carbons (Fsp3) is 0.611. The smallest absolute Gasteiger partial charge is 0.136 e. The van der Waals surface area contributed by atoms with Gasteiger partial charge in [-0.2, -0.15) is 0 Å². The van der Waals surface area contributed by atoms with Crippen molar-refractivity contribution in [3.63, 3.8) is 0 Å². The van der Waals surface area contributed by atoms with Crippen LogP contribution >= 0.6 is 0 Å². The van der Waals surface area contributed by atoms with Gasteiger partial charge in [0, 0.05) is 12.3 Å². The highest BCUT2D eigenvalue weighted by Crippen LogP contribution is 2.32. The molecule has 0 aliphatic heterocycles. The molecule has 0 heterocycles. The molecule has 2 aliphatic carbocycles. The van der Waals surface area contributed by atoms with E-state index in [4.69, 9.17) is 0 Å². The van der Waals surface area contributed by atoms with E-state index in [1.165, 1.54) is 42.4 Å². The lowest BCUT2D eigenvalue weighted by atomic mass is 9.76. The monoisotopic (exact) mass is 256 g/mol. The molecule has 0 aromatic heterocycles. The minimum Gasteiger partial charge on any atom is -0.299 e. The topological polar surface area (TPSA) is 17.1 Å². The number of benzene rings is 1. The Balaban J connectivity index is 1.71. The third-order valence-electron chi connectivity index (χ3n) is 5.09. The van der Waals surface area contributed by atoms with Crippen molar-refractivity contribution in [3.05, 3.63) is 34.9 Å². The molecule has 0 spiro atoms. The van der Waals surface area contributed by atoms with Gasteiger partial charge in [-0.25, -0.2) is 0 Å². The number of rotatable bonds is 3. The standard InChI is InChI=1S/C18H24O/c1-2-13-7-9-18(19)17(10-13)12-14-6-8-15-4-3-5-16(15)11-14/h6,8,11,13,17H,2-5,7,9-10,12H2,1H3. The molecule has 0 saturated heterocycles. The van der Waals surface area contributed by atoms with Crippen LogP contribution in [-0.2, 0) is 24.1 Å². The maximum atomic E-state index is 12.1. The van der Waals surface area contributed by atoms with Crippen LogP contribution in [0.2, 0.25) is 0 Å². The summed E-state index contributed by atoms with van der Waals surface area (Å²) in [5.74, 6) is 1.57. The van der Waals surface area contributed by atoms with Gasteiger partial charge in [0.25, 0.3) is 0 Å². The Bertz CT molecular complexity index is 475. The molecule has 0 amide bonds. The predicted octanol–water partition coefficient (Wildman–Crippen LogP) is 4.11. The first kappa shape index (κ1) is 12.9. The Kier molecular flexibility index (Phi) is 3.72. The summed E-state index contributed by atoms with van der Waals surface area (Å²) in [5, 5.41) is 0. The number of Topliss-reactive ketones (excluding diaryl/α,β-unsaturated/α-hetero) is 1. The third kappa shape index (κ3) is 2.75. The lowest BCUT2D eigenvalue weighted by Crippen LogP contribution is -2.26. The number of ketones is 1. The molecule has 1 aromatic carbocycles. The van der Waals surface area contributed by atoms with E-state index in [1.807, 2.05) is 0 Å². The van der Waals surface area contributed by atoms with Gasteiger partial charge >= 0.3 is 0 Å². The van der Waals surface area contributed by atoms with Crippen LogP contribution in [0.1, 0.15) is 55.7 Å². The van der Waals surface area contributed by atoms with E-state index in [9.17, 15) is 4.79 Å². The van der Waals surface area contributed by atoms with Crippen molar-refractivity contribution in [1.29, 1.82) is 0 Å². The van der Waals surface area contributed by atoms with E-state index in [0.717, 1.165) is 31.6 Å². The van der Waals surface area contributed by atoms with Crippen molar-refractivity contribution in [2.75, 3.05) is 0 Å². The molecule has 19 heavy (non-hydrogen) atoms. The largest absolute Gasteiger partial charge is 0.299 e. The summed E-state index contributed by atoms with van der Waals surface area (Å²) in [5.41, 5.74) is 4.45. The van der Waals surface area contributed by atoms with Crippen LogP contribution in [0.15, 0.2) is 18.2 Å². The highest BCUT2D eigenvalue weighted by Gasteiger charge is 2.28. The SMILES string of the molecule is CCC1CCC(=O)C(Cc2ccc3c(c2)CCC3)C1. The molecule has 0 N–H and O–H groups in total. The van der Waals surface area contributed by atoms with Gasteiger partial charge in [-0.1, -0.05) is 31.5 Å². The Hall–Kier alpha value is -1.11. The predicted molar refractivity (Wildman–Crippen MR) is 78.3 cm³/mol. The van der Waals surface area contributed by atoms with Crippen LogP contribution in [0.25, 0.3) is 0 Å². The van der Waals surface area contributed by atoms with Crippen LogP contribution in [-0.4, -0.2) is 5.78 Å². The Morgan fingerprint density at radius 3 is 2.84 bits per heavy atom. The second-order valence-electron chi connectivity index (χ2n) is 6.37. The molecule has 2 aliphatic rings. The Labute approximate surface area is 116 Å². The third-order valence-corrected chi connectivity index (χ3v) is 5.09. The quantitative estimate of drug-likeness (QED) is 0.795. The maximum absolute atomic E-state index is 12.1. The average molecular weight is 256 g/mol. The van der Waals surface area contributed by atoms with Crippen molar-refractivity contribution in [3.8, 4) is 0 Å². The lowest BCUT2D eigenvalue weighted by molar-refractivity contribution is -0.125. The fourth-order valence-electron chi connectivity index (χ4n) is 3.81. The second-order valence-corrected chi connectivity index (χ2v) is 6.37. The van der Waals surface area contributed by atoms with E-state index in [2.05, 4.69) is 25.1 Å². The summed E-state index contributed by atoms with van der Waals surface area (Å²) in [7, 11) is 0. The molecule has 2 unspecified atom stereocenters. The van der Waals surface area contributed by atoms with Crippen LogP contribution in [0, 0.1) is 11.8 Å². The normalized spacial score (nSPS) is 26.5. The molecule has 3 rings (SSSR count). The molecular weight excluding hydrogens is 232 g/mol. The minimum absolute atomic E-state index is 0.290. The molecule has 1 heteroatoms. The summed E-state index contributed by atoms with van der Waals surface area (Å²) in [6, 6.07) is 6.92. The van der Waals surface area contributed by atoms with Crippen molar-refractivity contribution < 1.29 is 4.79 Å². The van der Waals surface area contributed by atoms with Gasteiger partial charge in [0.2, 0.25) is 0 Å². The molecule has 1 saturated carbocycles. The van der Waals surface area contributed by atoms with Crippen molar-refractivity contribution in [2.45, 2.75) is 58.3 Å². The molecule has 0 bridgehead atoms. The van der Waals surface area contributed by atoms with Crippen LogP contribution < -0.4 is 0 Å². The molecule has 2 atom stereocenters. The molecule has 1 aromatic rings. The zero-order chi connectivity index (χ0) is 13.2. The van der Waals surface area contributed by atoms with Crippen molar-refractivity contribution in [2.24, 2.45) is 11.8 Å². The average Bonchev–Trinajstić information content (AvgIpc) is 2.89. The van der Waals surface area contributed by atoms with Gasteiger partial charge in [-0.3, -0.25) is 4.79 Å².